The highest BCUT2D eigenvalue weighted by Crippen LogP contribution is 2.25. The van der Waals surface area contributed by atoms with Crippen molar-refractivity contribution in [2.75, 3.05) is 13.2 Å². The number of carboxylic acid groups (broad SMARTS) is 1. The number of aliphatic carboxylic acids is 1. The Balaban J connectivity index is 4.38. The van der Waals surface area contributed by atoms with E-state index in [4.69, 9.17) is 29.4 Å². The van der Waals surface area contributed by atoms with Crippen LogP contribution in [0.4, 0.5) is 0 Å². The highest BCUT2D eigenvalue weighted by molar-refractivity contribution is 7.33. The molecule has 0 heterocycles. The fourth-order valence-corrected chi connectivity index (χ4v) is 5.84. The normalized spacial score (nSPS) is 12.9. The lowest BCUT2D eigenvalue weighted by atomic mass is 10.1. The van der Waals surface area contributed by atoms with Gasteiger partial charge in [0.1, 0.15) is 12.6 Å². The first kappa shape index (κ1) is 50.2. The monoisotopic (exact) mass is 767 g/mol. The van der Waals surface area contributed by atoms with Crippen LogP contribution in [0.25, 0.3) is 0 Å². The highest BCUT2D eigenvalue weighted by atomic mass is 31.1. The van der Waals surface area contributed by atoms with Gasteiger partial charge < -0.3 is 20.3 Å². The summed E-state index contributed by atoms with van der Waals surface area (Å²) in [7, 11) is -2.79. The molecule has 0 rings (SSSR count). The number of hydrogen-bond donors (Lipinski definition) is 2. The van der Waals surface area contributed by atoms with Crippen molar-refractivity contribution < 1.29 is 42.6 Å². The van der Waals surface area contributed by atoms with E-state index < -0.39 is 38.8 Å². The summed E-state index contributed by atoms with van der Waals surface area (Å²) in [5, 5.41) is 8.86. The van der Waals surface area contributed by atoms with Crippen LogP contribution in [0.1, 0.15) is 181 Å². The number of carbonyl (C=O) groups is 3. The third-order valence-corrected chi connectivity index (χ3v) is 9.21. The fraction of sp³-hybridized carbons (Fsp3) is 0.738. The van der Waals surface area contributed by atoms with Gasteiger partial charge in [-0.05, 0) is 64.2 Å². The molecule has 53 heavy (non-hydrogen) atoms. The van der Waals surface area contributed by atoms with Crippen molar-refractivity contribution in [2.45, 2.75) is 187 Å². The Morgan fingerprint density at radius 3 is 1.57 bits per heavy atom. The molecule has 0 aromatic rings. The molecule has 0 radical (unpaired) electrons. The van der Waals surface area contributed by atoms with Crippen LogP contribution in [-0.4, -0.2) is 42.3 Å². The van der Waals surface area contributed by atoms with E-state index in [0.717, 1.165) is 76.9 Å². The SMILES string of the molecule is CCCCCCC=CC=CCCCCCCCC(=O)OC(=CO[P+](=O)OCC(N)C(=O)O)COC(=O)CCCCCCCC=CCCCCCCCC. The Labute approximate surface area is 322 Å². The molecule has 2 atom stereocenters. The molecule has 11 heteroatoms. The highest BCUT2D eigenvalue weighted by Gasteiger charge is 2.25. The van der Waals surface area contributed by atoms with Crippen molar-refractivity contribution in [1.29, 1.82) is 0 Å². The molecule has 0 spiro atoms. The van der Waals surface area contributed by atoms with Crippen molar-refractivity contribution in [3.05, 3.63) is 48.5 Å². The van der Waals surface area contributed by atoms with E-state index in [1.165, 1.54) is 70.6 Å². The van der Waals surface area contributed by atoms with E-state index in [0.29, 0.717) is 12.8 Å². The van der Waals surface area contributed by atoms with Crippen LogP contribution in [-0.2, 0) is 37.5 Å². The maximum atomic E-state index is 12.5. The summed E-state index contributed by atoms with van der Waals surface area (Å²) >= 11 is 0. The zero-order valence-electron chi connectivity index (χ0n) is 33.2. The first-order chi connectivity index (χ1) is 25.8. The average Bonchev–Trinajstić information content (AvgIpc) is 3.14. The molecule has 0 aliphatic rings. The van der Waals surface area contributed by atoms with Gasteiger partial charge in [0.05, 0.1) is 0 Å². The van der Waals surface area contributed by atoms with Gasteiger partial charge in [-0.1, -0.05) is 140 Å². The largest absolute Gasteiger partial charge is 0.749 e. The van der Waals surface area contributed by atoms with Gasteiger partial charge in [-0.15, -0.1) is 4.52 Å². The number of unbranched alkanes of at least 4 members (excludes halogenated alkanes) is 20. The standard InChI is InChI=1S/C42H72NO9P/c1-3-5-7-9-11-13-15-17-19-21-23-25-27-29-31-33-40(44)49-35-38(36-50-53(48)51-37-39(43)42(46)47)52-41(45)34-32-30-28-26-24-22-20-18-16-14-12-10-8-6-4-2/h14,16-20,36,39H,3-13,15,21-35,37,43H2,1-2H3/p+1. The minimum absolute atomic E-state index is 0.135. The van der Waals surface area contributed by atoms with Crippen LogP contribution in [0.5, 0.6) is 0 Å². The van der Waals surface area contributed by atoms with Crippen LogP contribution in [0.15, 0.2) is 48.5 Å². The van der Waals surface area contributed by atoms with Crippen LogP contribution < -0.4 is 5.73 Å². The van der Waals surface area contributed by atoms with Crippen LogP contribution >= 0.6 is 8.25 Å². The van der Waals surface area contributed by atoms with E-state index >= 15 is 0 Å². The quantitative estimate of drug-likeness (QED) is 0.0155. The molecule has 0 bridgehead atoms. The Morgan fingerprint density at radius 1 is 0.623 bits per heavy atom. The second kappa shape index (κ2) is 38.9. The first-order valence-corrected chi connectivity index (χ1v) is 21.7. The molecule has 0 aliphatic heterocycles. The molecular formula is C42H73NO9P+. The Morgan fingerprint density at radius 2 is 1.06 bits per heavy atom. The maximum Gasteiger partial charge on any atom is 0.749 e. The summed E-state index contributed by atoms with van der Waals surface area (Å²) < 4.78 is 32.5. The summed E-state index contributed by atoms with van der Waals surface area (Å²) in [6, 6.07) is -1.38. The van der Waals surface area contributed by atoms with E-state index in [9.17, 15) is 18.9 Å². The summed E-state index contributed by atoms with van der Waals surface area (Å²) in [4.78, 5) is 35.8. The average molecular weight is 767 g/mol. The Bertz CT molecular complexity index is 1060. The lowest BCUT2D eigenvalue weighted by Crippen LogP contribution is -2.34. The van der Waals surface area contributed by atoms with Gasteiger partial charge in [-0.2, -0.15) is 0 Å². The molecule has 2 unspecified atom stereocenters. The minimum Gasteiger partial charge on any atom is -0.480 e. The number of carboxylic acids is 1. The van der Waals surface area contributed by atoms with Crippen molar-refractivity contribution in [2.24, 2.45) is 5.73 Å². The van der Waals surface area contributed by atoms with Crippen molar-refractivity contribution in [3.63, 3.8) is 0 Å². The second-order valence-corrected chi connectivity index (χ2v) is 14.6. The van der Waals surface area contributed by atoms with Gasteiger partial charge in [0.15, 0.2) is 18.6 Å². The topological polar surface area (TPSA) is 151 Å². The molecule has 0 aromatic carbocycles. The van der Waals surface area contributed by atoms with Crippen molar-refractivity contribution in [3.8, 4) is 0 Å². The Hall–Kier alpha value is -2.81. The first-order valence-electron chi connectivity index (χ1n) is 20.6. The third kappa shape index (κ3) is 37.3. The van der Waals surface area contributed by atoms with E-state index in [-0.39, 0.29) is 25.2 Å². The number of hydrogen-bond acceptors (Lipinski definition) is 9. The maximum absolute atomic E-state index is 12.5. The summed E-state index contributed by atoms with van der Waals surface area (Å²) in [5.74, 6) is -2.42. The molecule has 0 saturated heterocycles. The van der Waals surface area contributed by atoms with Crippen LogP contribution in [0.2, 0.25) is 0 Å². The van der Waals surface area contributed by atoms with Gasteiger partial charge >= 0.3 is 26.2 Å². The number of rotatable bonds is 38. The zero-order chi connectivity index (χ0) is 39.0. The van der Waals surface area contributed by atoms with Gasteiger partial charge in [-0.3, -0.25) is 14.4 Å². The van der Waals surface area contributed by atoms with Gasteiger partial charge in [0.2, 0.25) is 0 Å². The number of nitrogens with two attached hydrogens (primary N) is 1. The molecule has 304 valence electrons. The van der Waals surface area contributed by atoms with E-state index in [1.54, 1.807) is 0 Å². The van der Waals surface area contributed by atoms with Crippen molar-refractivity contribution in [1.82, 2.24) is 0 Å². The molecule has 10 nitrogen and oxygen atoms in total. The number of carbonyl (C=O) groups excluding carboxylic acids is 2. The minimum atomic E-state index is -2.79. The second-order valence-electron chi connectivity index (χ2n) is 13.6. The molecule has 0 aliphatic carbocycles. The molecule has 3 N–H and O–H groups in total. The van der Waals surface area contributed by atoms with Gasteiger partial charge in [0, 0.05) is 17.4 Å². The zero-order valence-corrected chi connectivity index (χ0v) is 34.0. The third-order valence-electron chi connectivity index (χ3n) is 8.57. The van der Waals surface area contributed by atoms with Crippen LogP contribution in [0.3, 0.4) is 0 Å². The predicted molar refractivity (Wildman–Crippen MR) is 214 cm³/mol. The predicted octanol–water partition coefficient (Wildman–Crippen LogP) is 11.9. The summed E-state index contributed by atoms with van der Waals surface area (Å²) in [6.07, 6.45) is 41.6. The van der Waals surface area contributed by atoms with Gasteiger partial charge in [0.25, 0.3) is 0 Å². The lowest BCUT2D eigenvalue weighted by molar-refractivity contribution is -0.148. The smallest absolute Gasteiger partial charge is 0.480 e. The van der Waals surface area contributed by atoms with Crippen molar-refractivity contribution >= 4 is 26.2 Å². The summed E-state index contributed by atoms with van der Waals surface area (Å²) in [6.45, 7) is 3.55. The summed E-state index contributed by atoms with van der Waals surface area (Å²) in [5.41, 5.74) is 5.35. The molecular weight excluding hydrogens is 693 g/mol. The molecule has 0 aromatic heterocycles. The Kier molecular flexibility index (Phi) is 36.8. The fourth-order valence-electron chi connectivity index (χ4n) is 5.29. The van der Waals surface area contributed by atoms with E-state index in [1.807, 2.05) is 0 Å². The molecule has 0 saturated carbocycles. The number of esters is 2. The molecule has 0 amide bonds. The van der Waals surface area contributed by atoms with E-state index in [2.05, 4.69) is 50.3 Å². The van der Waals surface area contributed by atoms with Crippen LogP contribution in [0, 0.1) is 0 Å². The molecule has 0 fully saturated rings. The van der Waals surface area contributed by atoms with Gasteiger partial charge in [-0.25, -0.2) is 4.52 Å². The number of ether oxygens (including phenoxy) is 2. The number of allylic oxidation sites excluding steroid dienone is 6. The lowest BCUT2D eigenvalue weighted by Gasteiger charge is -2.09.